The SMILES string of the molecule is COc1ccc(C)cc1NC(=O)C(C)OC(=O)c1cn(C)c2ccccc12. The van der Waals surface area contributed by atoms with E-state index in [0.29, 0.717) is 17.0 Å². The molecule has 0 aliphatic heterocycles. The second-order valence-electron chi connectivity index (χ2n) is 6.41. The van der Waals surface area contributed by atoms with Gasteiger partial charge in [-0.15, -0.1) is 0 Å². The summed E-state index contributed by atoms with van der Waals surface area (Å²) < 4.78 is 12.5. The molecule has 0 spiro atoms. The van der Waals surface area contributed by atoms with E-state index in [2.05, 4.69) is 5.32 Å². The number of fused-ring (bicyclic) bond motifs is 1. The van der Waals surface area contributed by atoms with Crippen LogP contribution < -0.4 is 10.1 Å². The van der Waals surface area contributed by atoms with Crippen LogP contribution in [0.5, 0.6) is 5.75 Å². The topological polar surface area (TPSA) is 69.6 Å². The molecule has 1 amide bonds. The standard InChI is InChI=1S/C21H22N2O4/c1-13-9-10-19(26-4)17(11-13)22-20(24)14(2)27-21(25)16-12-23(3)18-8-6-5-7-15(16)18/h5-12,14H,1-4H3,(H,22,24). The second kappa shape index (κ2) is 7.53. The molecule has 0 radical (unpaired) electrons. The van der Waals surface area contributed by atoms with Gasteiger partial charge in [-0.1, -0.05) is 24.3 Å². The van der Waals surface area contributed by atoms with Crippen LogP contribution in [0.4, 0.5) is 5.69 Å². The number of para-hydroxylation sites is 1. The van der Waals surface area contributed by atoms with Crippen LogP contribution in [0.15, 0.2) is 48.7 Å². The minimum absolute atomic E-state index is 0.424. The van der Waals surface area contributed by atoms with Gasteiger partial charge in [0.05, 0.1) is 18.4 Å². The van der Waals surface area contributed by atoms with Crippen molar-refractivity contribution in [2.75, 3.05) is 12.4 Å². The van der Waals surface area contributed by atoms with E-state index in [4.69, 9.17) is 9.47 Å². The molecule has 0 fully saturated rings. The van der Waals surface area contributed by atoms with Gasteiger partial charge in [0.2, 0.25) is 0 Å². The van der Waals surface area contributed by atoms with Crippen molar-refractivity contribution in [2.45, 2.75) is 20.0 Å². The van der Waals surface area contributed by atoms with Crippen molar-refractivity contribution in [1.29, 1.82) is 0 Å². The predicted octanol–water partition coefficient (Wildman–Crippen LogP) is 3.68. The van der Waals surface area contributed by atoms with Crippen molar-refractivity contribution in [3.8, 4) is 5.75 Å². The van der Waals surface area contributed by atoms with Gasteiger partial charge in [-0.05, 0) is 37.6 Å². The largest absolute Gasteiger partial charge is 0.495 e. The number of carbonyl (C=O) groups excluding carboxylic acids is 2. The number of aromatic nitrogens is 1. The zero-order valence-corrected chi connectivity index (χ0v) is 15.8. The molecule has 3 aromatic rings. The quantitative estimate of drug-likeness (QED) is 0.700. The van der Waals surface area contributed by atoms with Crippen LogP contribution in [0.1, 0.15) is 22.8 Å². The van der Waals surface area contributed by atoms with E-state index < -0.39 is 18.0 Å². The Morgan fingerprint density at radius 2 is 1.89 bits per heavy atom. The molecule has 2 aromatic carbocycles. The third-order valence-corrected chi connectivity index (χ3v) is 4.38. The fraction of sp³-hybridized carbons (Fsp3) is 0.238. The lowest BCUT2D eigenvalue weighted by atomic mass is 10.2. The number of ether oxygens (including phenoxy) is 2. The average molecular weight is 366 g/mol. The van der Waals surface area contributed by atoms with Gasteiger partial charge in [0, 0.05) is 24.1 Å². The van der Waals surface area contributed by atoms with Crippen molar-refractivity contribution >= 4 is 28.5 Å². The number of nitrogens with one attached hydrogen (secondary N) is 1. The van der Waals surface area contributed by atoms with Crippen molar-refractivity contribution < 1.29 is 19.1 Å². The smallest absolute Gasteiger partial charge is 0.341 e. The number of amides is 1. The van der Waals surface area contributed by atoms with Gasteiger partial charge in [0.25, 0.3) is 5.91 Å². The first-order valence-corrected chi connectivity index (χ1v) is 8.61. The molecule has 6 heteroatoms. The number of benzene rings is 2. The molecular weight excluding hydrogens is 344 g/mol. The predicted molar refractivity (Wildman–Crippen MR) is 104 cm³/mol. The molecule has 6 nitrogen and oxygen atoms in total. The van der Waals surface area contributed by atoms with E-state index in [1.807, 2.05) is 48.9 Å². The van der Waals surface area contributed by atoms with Crippen LogP contribution in [-0.2, 0) is 16.6 Å². The molecule has 1 aromatic heterocycles. The van der Waals surface area contributed by atoms with Crippen molar-refractivity contribution in [1.82, 2.24) is 4.57 Å². The maximum Gasteiger partial charge on any atom is 0.341 e. The molecule has 3 rings (SSSR count). The Bertz CT molecular complexity index is 1010. The number of rotatable bonds is 5. The Morgan fingerprint density at radius 1 is 1.15 bits per heavy atom. The van der Waals surface area contributed by atoms with Crippen LogP contribution in [0, 0.1) is 6.92 Å². The lowest BCUT2D eigenvalue weighted by Gasteiger charge is -2.15. The van der Waals surface area contributed by atoms with Gasteiger partial charge in [0.15, 0.2) is 6.10 Å². The highest BCUT2D eigenvalue weighted by Crippen LogP contribution is 2.26. The molecule has 0 saturated heterocycles. The summed E-state index contributed by atoms with van der Waals surface area (Å²) in [6.45, 7) is 3.46. The molecule has 0 bridgehead atoms. The molecule has 140 valence electrons. The van der Waals surface area contributed by atoms with E-state index in [0.717, 1.165) is 16.5 Å². The van der Waals surface area contributed by atoms with Crippen molar-refractivity contribution in [3.05, 3.63) is 59.8 Å². The molecular formula is C21H22N2O4. The molecule has 27 heavy (non-hydrogen) atoms. The molecule has 1 unspecified atom stereocenters. The Labute approximate surface area is 157 Å². The summed E-state index contributed by atoms with van der Waals surface area (Å²) in [5.41, 5.74) is 2.87. The molecule has 0 aliphatic carbocycles. The van der Waals surface area contributed by atoms with Crippen LogP contribution in [-0.4, -0.2) is 29.7 Å². The van der Waals surface area contributed by atoms with Gasteiger partial charge in [-0.3, -0.25) is 4.79 Å². The maximum atomic E-state index is 12.6. The number of methoxy groups -OCH3 is 1. The molecule has 1 atom stereocenters. The summed E-state index contributed by atoms with van der Waals surface area (Å²) >= 11 is 0. The summed E-state index contributed by atoms with van der Waals surface area (Å²) in [5.74, 6) is -0.417. The van der Waals surface area contributed by atoms with Gasteiger partial charge in [-0.25, -0.2) is 4.79 Å². The van der Waals surface area contributed by atoms with E-state index in [1.165, 1.54) is 7.11 Å². The Morgan fingerprint density at radius 3 is 2.63 bits per heavy atom. The van der Waals surface area contributed by atoms with Gasteiger partial charge < -0.3 is 19.4 Å². The third-order valence-electron chi connectivity index (χ3n) is 4.38. The first-order valence-electron chi connectivity index (χ1n) is 8.61. The maximum absolute atomic E-state index is 12.6. The minimum atomic E-state index is -0.957. The number of hydrogen-bond donors (Lipinski definition) is 1. The number of carbonyl (C=O) groups is 2. The summed E-state index contributed by atoms with van der Waals surface area (Å²) in [7, 11) is 3.39. The number of esters is 1. The number of anilines is 1. The number of nitrogens with zero attached hydrogens (tertiary/aromatic N) is 1. The second-order valence-corrected chi connectivity index (χ2v) is 6.41. The lowest BCUT2D eigenvalue weighted by Crippen LogP contribution is -2.30. The number of aryl methyl sites for hydroxylation is 2. The fourth-order valence-electron chi connectivity index (χ4n) is 2.94. The summed E-state index contributed by atoms with van der Waals surface area (Å²) in [4.78, 5) is 25.1. The van der Waals surface area contributed by atoms with Crippen molar-refractivity contribution in [3.63, 3.8) is 0 Å². The Hall–Kier alpha value is -3.28. The molecule has 1 N–H and O–H groups in total. The highest BCUT2D eigenvalue weighted by Gasteiger charge is 2.22. The fourth-order valence-corrected chi connectivity index (χ4v) is 2.94. The van der Waals surface area contributed by atoms with Gasteiger partial charge >= 0.3 is 5.97 Å². The van der Waals surface area contributed by atoms with Crippen LogP contribution in [0.25, 0.3) is 10.9 Å². The zero-order valence-electron chi connectivity index (χ0n) is 15.8. The van der Waals surface area contributed by atoms with Crippen molar-refractivity contribution in [2.24, 2.45) is 7.05 Å². The highest BCUT2D eigenvalue weighted by molar-refractivity contribution is 6.05. The third kappa shape index (κ3) is 3.79. The summed E-state index contributed by atoms with van der Waals surface area (Å²) in [5, 5.41) is 3.54. The average Bonchev–Trinajstić information content (AvgIpc) is 2.99. The van der Waals surface area contributed by atoms with Gasteiger partial charge in [-0.2, -0.15) is 0 Å². The number of hydrogen-bond acceptors (Lipinski definition) is 4. The van der Waals surface area contributed by atoms with E-state index in [-0.39, 0.29) is 0 Å². The highest BCUT2D eigenvalue weighted by atomic mass is 16.5. The van der Waals surface area contributed by atoms with Crippen LogP contribution in [0.2, 0.25) is 0 Å². The normalized spacial score (nSPS) is 11.9. The first kappa shape index (κ1) is 18.5. The summed E-state index contributed by atoms with van der Waals surface area (Å²) in [6.07, 6.45) is 0.753. The summed E-state index contributed by atoms with van der Waals surface area (Å²) in [6, 6.07) is 13.0. The zero-order chi connectivity index (χ0) is 19.6. The lowest BCUT2D eigenvalue weighted by molar-refractivity contribution is -0.123. The van der Waals surface area contributed by atoms with Crippen LogP contribution >= 0.6 is 0 Å². The van der Waals surface area contributed by atoms with E-state index >= 15 is 0 Å². The van der Waals surface area contributed by atoms with Gasteiger partial charge in [0.1, 0.15) is 5.75 Å². The molecule has 0 saturated carbocycles. The first-order chi connectivity index (χ1) is 12.9. The van der Waals surface area contributed by atoms with E-state index in [9.17, 15) is 9.59 Å². The monoisotopic (exact) mass is 366 g/mol. The van der Waals surface area contributed by atoms with Crippen LogP contribution in [0.3, 0.4) is 0 Å². The molecule has 0 aliphatic rings. The molecule has 1 heterocycles. The Kier molecular flexibility index (Phi) is 5.16. The minimum Gasteiger partial charge on any atom is -0.495 e. The van der Waals surface area contributed by atoms with E-state index in [1.54, 1.807) is 25.3 Å². The Balaban J connectivity index is 1.74.